The van der Waals surface area contributed by atoms with Crippen LogP contribution in [0.1, 0.15) is 90.4 Å². The molecule has 0 amide bonds. The van der Waals surface area contributed by atoms with Crippen LogP contribution in [0.25, 0.3) is 0 Å². The molecule has 1 rings (SSSR count). The van der Waals surface area contributed by atoms with E-state index < -0.39 is 0 Å². The van der Waals surface area contributed by atoms with Gasteiger partial charge in [-0.2, -0.15) is 0 Å². The summed E-state index contributed by atoms with van der Waals surface area (Å²) in [6.45, 7) is 5.74. The summed E-state index contributed by atoms with van der Waals surface area (Å²) in [5.74, 6) is 0.830. The van der Waals surface area contributed by atoms with Gasteiger partial charge in [0.05, 0.1) is 26.4 Å². The summed E-state index contributed by atoms with van der Waals surface area (Å²) in [6.07, 6.45) is 14.6. The van der Waals surface area contributed by atoms with Crippen molar-refractivity contribution in [2.75, 3.05) is 58.6 Å². The highest BCUT2D eigenvalue weighted by Gasteiger charge is 2.03. The monoisotopic (exact) mass is 493 g/mol. The molecule has 202 valence electrons. The second-order valence-electron chi connectivity index (χ2n) is 9.32. The molecule has 6 nitrogen and oxygen atoms in total. The zero-order chi connectivity index (χ0) is 25.4. The molecule has 0 aliphatic carbocycles. The van der Waals surface area contributed by atoms with Crippen molar-refractivity contribution in [1.29, 1.82) is 0 Å². The summed E-state index contributed by atoms with van der Waals surface area (Å²) in [6, 6.07) is 8.23. The minimum atomic E-state index is -0.114. The van der Waals surface area contributed by atoms with E-state index in [0.717, 1.165) is 44.6 Å². The van der Waals surface area contributed by atoms with Crippen LogP contribution in [0.5, 0.6) is 5.75 Å². The summed E-state index contributed by atoms with van der Waals surface area (Å²) in [7, 11) is 4.08. The number of carbonyl (C=O) groups is 1. The SMILES string of the molecule is CCCCCCOCCOCCOC(=O)CCCCCCCCCCOc1ccc(N(C)C)cc1. The normalized spacial score (nSPS) is 10.9. The van der Waals surface area contributed by atoms with Gasteiger partial charge in [-0.3, -0.25) is 4.79 Å². The van der Waals surface area contributed by atoms with Crippen LogP contribution in [-0.4, -0.2) is 59.7 Å². The van der Waals surface area contributed by atoms with E-state index in [-0.39, 0.29) is 5.97 Å². The highest BCUT2D eigenvalue weighted by Crippen LogP contribution is 2.18. The van der Waals surface area contributed by atoms with Crippen LogP contribution in [0.3, 0.4) is 0 Å². The Labute approximate surface area is 214 Å². The van der Waals surface area contributed by atoms with E-state index in [1.807, 2.05) is 26.2 Å². The molecule has 0 aliphatic rings. The molecule has 0 heterocycles. The maximum atomic E-state index is 11.8. The zero-order valence-electron chi connectivity index (χ0n) is 22.7. The van der Waals surface area contributed by atoms with E-state index in [4.69, 9.17) is 18.9 Å². The Morgan fingerprint density at radius 1 is 0.657 bits per heavy atom. The Balaban J connectivity index is 1.78. The first-order chi connectivity index (χ1) is 17.1. The van der Waals surface area contributed by atoms with Gasteiger partial charge in [-0.15, -0.1) is 0 Å². The molecule has 0 radical (unpaired) electrons. The number of nitrogens with zero attached hydrogens (tertiary/aromatic N) is 1. The van der Waals surface area contributed by atoms with Gasteiger partial charge in [-0.25, -0.2) is 0 Å². The van der Waals surface area contributed by atoms with Crippen molar-refractivity contribution in [1.82, 2.24) is 0 Å². The number of rotatable bonds is 24. The minimum absolute atomic E-state index is 0.114. The van der Waals surface area contributed by atoms with Crippen LogP contribution in [0.4, 0.5) is 5.69 Å². The number of hydrogen-bond donors (Lipinski definition) is 0. The summed E-state index contributed by atoms with van der Waals surface area (Å²) >= 11 is 0. The molecule has 1 aromatic rings. The Kier molecular flexibility index (Phi) is 20.2. The van der Waals surface area contributed by atoms with Crippen LogP contribution in [-0.2, 0) is 19.0 Å². The first-order valence-electron chi connectivity index (χ1n) is 13.8. The Morgan fingerprint density at radius 2 is 1.20 bits per heavy atom. The molecule has 0 N–H and O–H groups in total. The molecule has 0 saturated carbocycles. The predicted octanol–water partition coefficient (Wildman–Crippen LogP) is 6.80. The van der Waals surface area contributed by atoms with Gasteiger partial charge < -0.3 is 23.8 Å². The molecule has 6 heteroatoms. The fraction of sp³-hybridized carbons (Fsp3) is 0.759. The molecule has 0 unspecified atom stereocenters. The summed E-state index contributed by atoms with van der Waals surface area (Å²) in [5, 5.41) is 0. The lowest BCUT2D eigenvalue weighted by Crippen LogP contribution is -2.13. The lowest BCUT2D eigenvalue weighted by Gasteiger charge is -2.13. The van der Waals surface area contributed by atoms with Crippen LogP contribution in [0.15, 0.2) is 24.3 Å². The topological polar surface area (TPSA) is 57.2 Å². The molecule has 1 aromatic carbocycles. The Morgan fingerprint density at radius 3 is 1.86 bits per heavy atom. The molecule has 0 saturated heterocycles. The van der Waals surface area contributed by atoms with Crippen molar-refractivity contribution < 1.29 is 23.7 Å². The summed E-state index contributed by atoms with van der Waals surface area (Å²) < 4.78 is 22.0. The van der Waals surface area contributed by atoms with Crippen LogP contribution in [0, 0.1) is 0 Å². The number of unbranched alkanes of at least 4 members (excludes halogenated alkanes) is 10. The average Bonchev–Trinajstić information content (AvgIpc) is 2.86. The van der Waals surface area contributed by atoms with Crippen LogP contribution in [0.2, 0.25) is 0 Å². The van der Waals surface area contributed by atoms with Gasteiger partial charge in [-0.05, 0) is 43.5 Å². The van der Waals surface area contributed by atoms with Crippen molar-refractivity contribution in [3.05, 3.63) is 24.3 Å². The van der Waals surface area contributed by atoms with Gasteiger partial charge in [0.25, 0.3) is 0 Å². The number of benzene rings is 1. The van der Waals surface area contributed by atoms with Crippen molar-refractivity contribution in [2.24, 2.45) is 0 Å². The van der Waals surface area contributed by atoms with Gasteiger partial charge in [-0.1, -0.05) is 64.7 Å². The lowest BCUT2D eigenvalue weighted by atomic mass is 10.1. The molecule has 0 aliphatic heterocycles. The van der Waals surface area contributed by atoms with Crippen LogP contribution >= 0.6 is 0 Å². The second kappa shape index (κ2) is 22.7. The van der Waals surface area contributed by atoms with E-state index >= 15 is 0 Å². The largest absolute Gasteiger partial charge is 0.494 e. The number of ether oxygens (including phenoxy) is 4. The Hall–Kier alpha value is -1.79. The highest BCUT2D eigenvalue weighted by atomic mass is 16.6. The van der Waals surface area contributed by atoms with E-state index in [2.05, 4.69) is 24.0 Å². The van der Waals surface area contributed by atoms with E-state index in [9.17, 15) is 4.79 Å². The molecule has 35 heavy (non-hydrogen) atoms. The summed E-state index contributed by atoms with van der Waals surface area (Å²) in [4.78, 5) is 13.9. The molecule has 0 spiro atoms. The Bertz CT molecular complexity index is 606. The number of anilines is 1. The third kappa shape index (κ3) is 19.1. The molecular weight excluding hydrogens is 442 g/mol. The van der Waals surface area contributed by atoms with E-state index in [1.54, 1.807) is 0 Å². The molecule has 0 fully saturated rings. The first kappa shape index (κ1) is 31.2. The fourth-order valence-corrected chi connectivity index (χ4v) is 3.70. The van der Waals surface area contributed by atoms with Crippen molar-refractivity contribution in [2.45, 2.75) is 90.4 Å². The first-order valence-corrected chi connectivity index (χ1v) is 13.8. The molecular formula is C29H51NO5. The van der Waals surface area contributed by atoms with Crippen molar-refractivity contribution in [3.8, 4) is 5.75 Å². The summed E-state index contributed by atoms with van der Waals surface area (Å²) in [5.41, 5.74) is 1.18. The smallest absolute Gasteiger partial charge is 0.305 e. The lowest BCUT2D eigenvalue weighted by molar-refractivity contribution is -0.145. The second-order valence-corrected chi connectivity index (χ2v) is 9.32. The quantitative estimate of drug-likeness (QED) is 0.117. The van der Waals surface area contributed by atoms with Crippen molar-refractivity contribution >= 4 is 11.7 Å². The molecule has 0 aromatic heterocycles. The van der Waals surface area contributed by atoms with Gasteiger partial charge in [0.1, 0.15) is 12.4 Å². The maximum absolute atomic E-state index is 11.8. The number of carbonyl (C=O) groups excluding carboxylic acids is 1. The number of hydrogen-bond acceptors (Lipinski definition) is 6. The van der Waals surface area contributed by atoms with Crippen LogP contribution < -0.4 is 9.64 Å². The minimum Gasteiger partial charge on any atom is -0.494 e. The molecule has 0 atom stereocenters. The average molecular weight is 494 g/mol. The predicted molar refractivity (Wildman–Crippen MR) is 145 cm³/mol. The third-order valence-corrected chi connectivity index (χ3v) is 5.90. The third-order valence-electron chi connectivity index (χ3n) is 5.90. The zero-order valence-corrected chi connectivity index (χ0v) is 22.7. The van der Waals surface area contributed by atoms with Gasteiger partial charge >= 0.3 is 5.97 Å². The number of esters is 1. The van der Waals surface area contributed by atoms with E-state index in [1.165, 1.54) is 57.1 Å². The van der Waals surface area contributed by atoms with Gasteiger partial charge in [0.15, 0.2) is 0 Å². The van der Waals surface area contributed by atoms with Gasteiger partial charge in [0.2, 0.25) is 0 Å². The fourth-order valence-electron chi connectivity index (χ4n) is 3.70. The van der Waals surface area contributed by atoms with E-state index in [0.29, 0.717) is 32.8 Å². The highest BCUT2D eigenvalue weighted by molar-refractivity contribution is 5.69. The van der Waals surface area contributed by atoms with Crippen molar-refractivity contribution in [3.63, 3.8) is 0 Å². The standard InChI is InChI=1S/C29H51NO5/c1-4-5-6-14-21-32-23-24-33-25-26-35-29(31)16-13-11-9-7-8-10-12-15-22-34-28-19-17-27(18-20-28)30(2)3/h17-20H,4-16,21-26H2,1-3H3. The van der Waals surface area contributed by atoms with Gasteiger partial charge in [0, 0.05) is 32.8 Å². The maximum Gasteiger partial charge on any atom is 0.305 e. The molecule has 0 bridgehead atoms.